The highest BCUT2D eigenvalue weighted by Crippen LogP contribution is 2.15. The molecule has 0 spiro atoms. The lowest BCUT2D eigenvalue weighted by molar-refractivity contribution is 0.878. The number of nitrogens with two attached hydrogens (primary N) is 1. The van der Waals surface area contributed by atoms with Crippen LogP contribution in [-0.2, 0) is 6.42 Å². The molecule has 1 aromatic carbocycles. The Morgan fingerprint density at radius 2 is 2.27 bits per heavy atom. The molecule has 0 fully saturated rings. The summed E-state index contributed by atoms with van der Waals surface area (Å²) in [5.41, 5.74) is 7.70. The third-order valence-corrected chi connectivity index (χ3v) is 2.64. The van der Waals surface area contributed by atoms with Gasteiger partial charge in [0.25, 0.3) is 0 Å². The van der Waals surface area contributed by atoms with E-state index in [2.05, 4.69) is 21.0 Å². The van der Waals surface area contributed by atoms with E-state index in [4.69, 9.17) is 5.73 Å². The van der Waals surface area contributed by atoms with Gasteiger partial charge < -0.3 is 5.73 Å². The quantitative estimate of drug-likeness (QED) is 0.924. The maximum atomic E-state index is 5.49. The summed E-state index contributed by atoms with van der Waals surface area (Å²) >= 11 is 3.44. The zero-order chi connectivity index (χ0) is 10.7. The van der Waals surface area contributed by atoms with Gasteiger partial charge in [-0.2, -0.15) is 5.10 Å². The van der Waals surface area contributed by atoms with Gasteiger partial charge in [-0.1, -0.05) is 22.0 Å². The van der Waals surface area contributed by atoms with Gasteiger partial charge in [0.2, 0.25) is 0 Å². The van der Waals surface area contributed by atoms with Gasteiger partial charge in [0, 0.05) is 10.7 Å². The fourth-order valence-electron chi connectivity index (χ4n) is 1.42. The molecule has 0 unspecified atom stereocenters. The van der Waals surface area contributed by atoms with E-state index in [1.54, 1.807) is 0 Å². The van der Waals surface area contributed by atoms with E-state index in [0.29, 0.717) is 6.54 Å². The fourth-order valence-corrected chi connectivity index (χ4v) is 1.80. The average molecular weight is 266 g/mol. The van der Waals surface area contributed by atoms with Gasteiger partial charge in [0.1, 0.15) is 0 Å². The largest absolute Gasteiger partial charge is 0.330 e. The van der Waals surface area contributed by atoms with E-state index >= 15 is 0 Å². The van der Waals surface area contributed by atoms with E-state index in [-0.39, 0.29) is 0 Å². The molecule has 2 rings (SSSR count). The van der Waals surface area contributed by atoms with E-state index in [1.807, 2.05) is 41.3 Å². The molecule has 0 saturated heterocycles. The molecule has 4 heteroatoms. The Balaban J connectivity index is 2.29. The first-order valence-electron chi connectivity index (χ1n) is 4.79. The average Bonchev–Trinajstić information content (AvgIpc) is 2.67. The highest BCUT2D eigenvalue weighted by Gasteiger charge is 2.00. The molecule has 1 aromatic heterocycles. The van der Waals surface area contributed by atoms with Crippen LogP contribution in [0.3, 0.4) is 0 Å². The Bertz CT molecular complexity index is 451. The van der Waals surface area contributed by atoms with Crippen molar-refractivity contribution in [2.75, 3.05) is 6.54 Å². The van der Waals surface area contributed by atoms with Crippen LogP contribution in [0, 0.1) is 0 Å². The minimum Gasteiger partial charge on any atom is -0.330 e. The maximum absolute atomic E-state index is 5.49. The topological polar surface area (TPSA) is 43.8 Å². The third kappa shape index (κ3) is 2.46. The second-order valence-electron chi connectivity index (χ2n) is 3.31. The number of rotatable bonds is 3. The Labute approximate surface area is 97.0 Å². The zero-order valence-electron chi connectivity index (χ0n) is 8.23. The smallest absolute Gasteiger partial charge is 0.0656 e. The summed E-state index contributed by atoms with van der Waals surface area (Å²) in [5.74, 6) is 0. The van der Waals surface area contributed by atoms with Gasteiger partial charge in [0.15, 0.2) is 0 Å². The van der Waals surface area contributed by atoms with E-state index < -0.39 is 0 Å². The lowest BCUT2D eigenvalue weighted by Gasteiger charge is -2.00. The first kappa shape index (κ1) is 10.4. The van der Waals surface area contributed by atoms with Crippen LogP contribution in [0.2, 0.25) is 0 Å². The monoisotopic (exact) mass is 265 g/mol. The van der Waals surface area contributed by atoms with Gasteiger partial charge in [0.05, 0.1) is 11.9 Å². The molecular formula is C11H12BrN3. The fraction of sp³-hybridized carbons (Fsp3) is 0.182. The van der Waals surface area contributed by atoms with Crippen LogP contribution >= 0.6 is 15.9 Å². The summed E-state index contributed by atoms with van der Waals surface area (Å²) in [4.78, 5) is 0. The Hall–Kier alpha value is -1.13. The molecule has 0 atom stereocenters. The van der Waals surface area contributed by atoms with E-state index in [9.17, 15) is 0 Å². The molecule has 0 amide bonds. The van der Waals surface area contributed by atoms with Crippen LogP contribution in [0.15, 0.2) is 41.1 Å². The Morgan fingerprint density at radius 1 is 1.40 bits per heavy atom. The normalized spacial score (nSPS) is 10.5. The number of aromatic nitrogens is 2. The highest BCUT2D eigenvalue weighted by atomic mass is 79.9. The zero-order valence-corrected chi connectivity index (χ0v) is 9.81. The van der Waals surface area contributed by atoms with Gasteiger partial charge in [-0.25, -0.2) is 4.68 Å². The first-order chi connectivity index (χ1) is 7.29. The van der Waals surface area contributed by atoms with Crippen molar-refractivity contribution < 1.29 is 0 Å². The molecule has 1 heterocycles. The van der Waals surface area contributed by atoms with Crippen LogP contribution in [-0.4, -0.2) is 16.3 Å². The molecule has 15 heavy (non-hydrogen) atoms. The summed E-state index contributed by atoms with van der Waals surface area (Å²) in [6.45, 7) is 0.657. The first-order valence-corrected chi connectivity index (χ1v) is 5.58. The van der Waals surface area contributed by atoms with Crippen molar-refractivity contribution in [3.63, 3.8) is 0 Å². The minimum absolute atomic E-state index is 0.657. The van der Waals surface area contributed by atoms with Crippen LogP contribution in [0.1, 0.15) is 5.56 Å². The molecule has 0 aliphatic heterocycles. The van der Waals surface area contributed by atoms with Gasteiger partial charge >= 0.3 is 0 Å². The summed E-state index contributed by atoms with van der Waals surface area (Å²) in [5, 5.41) is 4.29. The summed E-state index contributed by atoms with van der Waals surface area (Å²) in [6, 6.07) is 8.03. The standard InChI is InChI=1S/C11H12BrN3/c12-10-2-1-3-11(6-10)15-8-9(4-5-13)7-14-15/h1-3,6-8H,4-5,13H2. The predicted molar refractivity (Wildman–Crippen MR) is 64.0 cm³/mol. The molecule has 2 N–H and O–H groups in total. The van der Waals surface area contributed by atoms with Crippen LogP contribution in [0.5, 0.6) is 0 Å². The molecule has 3 nitrogen and oxygen atoms in total. The maximum Gasteiger partial charge on any atom is 0.0656 e. The van der Waals surface area contributed by atoms with Gasteiger partial charge in [-0.15, -0.1) is 0 Å². The number of halogens is 1. The van der Waals surface area contributed by atoms with Crippen molar-refractivity contribution in [3.05, 3.63) is 46.7 Å². The van der Waals surface area contributed by atoms with Crippen molar-refractivity contribution >= 4 is 15.9 Å². The van der Waals surface area contributed by atoms with Crippen LogP contribution < -0.4 is 5.73 Å². The van der Waals surface area contributed by atoms with Crippen LogP contribution in [0.4, 0.5) is 0 Å². The number of nitrogens with zero attached hydrogens (tertiary/aromatic N) is 2. The second kappa shape index (κ2) is 4.59. The lowest BCUT2D eigenvalue weighted by atomic mass is 10.2. The van der Waals surface area contributed by atoms with Gasteiger partial charge in [-0.05, 0) is 36.7 Å². The van der Waals surface area contributed by atoms with Crippen LogP contribution in [0.25, 0.3) is 5.69 Å². The third-order valence-electron chi connectivity index (χ3n) is 2.14. The highest BCUT2D eigenvalue weighted by molar-refractivity contribution is 9.10. The van der Waals surface area contributed by atoms with Crippen molar-refractivity contribution in [2.24, 2.45) is 5.73 Å². The molecule has 78 valence electrons. The SMILES string of the molecule is NCCc1cnn(-c2cccc(Br)c2)c1. The molecule has 0 aliphatic carbocycles. The summed E-state index contributed by atoms with van der Waals surface area (Å²) in [6.07, 6.45) is 4.73. The minimum atomic E-state index is 0.657. The number of benzene rings is 1. The summed E-state index contributed by atoms with van der Waals surface area (Å²) < 4.78 is 2.91. The molecule has 0 aliphatic rings. The van der Waals surface area contributed by atoms with E-state index in [0.717, 1.165) is 22.1 Å². The predicted octanol–water partition coefficient (Wildman–Crippen LogP) is 2.14. The molecule has 0 radical (unpaired) electrons. The van der Waals surface area contributed by atoms with Crippen molar-refractivity contribution in [3.8, 4) is 5.69 Å². The molecule has 0 bridgehead atoms. The van der Waals surface area contributed by atoms with Crippen molar-refractivity contribution in [1.29, 1.82) is 0 Å². The van der Waals surface area contributed by atoms with Crippen molar-refractivity contribution in [2.45, 2.75) is 6.42 Å². The van der Waals surface area contributed by atoms with Crippen molar-refractivity contribution in [1.82, 2.24) is 9.78 Å². The molecular weight excluding hydrogens is 254 g/mol. The Kier molecular flexibility index (Phi) is 3.18. The molecule has 0 saturated carbocycles. The molecule has 2 aromatic rings. The number of hydrogen-bond acceptors (Lipinski definition) is 2. The number of hydrogen-bond donors (Lipinski definition) is 1. The second-order valence-corrected chi connectivity index (χ2v) is 4.23. The van der Waals surface area contributed by atoms with Gasteiger partial charge in [-0.3, -0.25) is 0 Å². The van der Waals surface area contributed by atoms with E-state index in [1.165, 1.54) is 0 Å². The lowest BCUT2D eigenvalue weighted by Crippen LogP contribution is -2.01. The summed E-state index contributed by atoms with van der Waals surface area (Å²) in [7, 11) is 0. The Morgan fingerprint density at radius 3 is 3.00 bits per heavy atom.